The Morgan fingerprint density at radius 3 is 1.59 bits per heavy atom. The van der Waals surface area contributed by atoms with E-state index in [4.69, 9.17) is 0 Å². The summed E-state index contributed by atoms with van der Waals surface area (Å²) in [7, 11) is 4.84. The van der Waals surface area contributed by atoms with Crippen LogP contribution in [0.5, 0.6) is 0 Å². The molecule has 0 radical (unpaired) electrons. The monoisotopic (exact) mass is 374 g/mol. The first-order chi connectivity index (χ1) is 12.9. The lowest BCUT2D eigenvalue weighted by Gasteiger charge is -2.45. The largest absolute Gasteiger partial charge is 0.324 e. The maximum absolute atomic E-state index is 2.43. The third-order valence-electron chi connectivity index (χ3n) is 6.69. The molecule has 1 aromatic carbocycles. The highest BCUT2D eigenvalue weighted by atomic mass is 15.4. The Bertz CT molecular complexity index is 460. The van der Waals surface area contributed by atoms with Crippen LogP contribution in [-0.4, -0.2) is 30.7 Å². The number of nitrogens with zero attached hydrogens (tertiary/aromatic N) is 1. The molecule has 1 nitrogen and oxygen atoms in total. The molecule has 0 amide bonds. The summed E-state index contributed by atoms with van der Waals surface area (Å²) >= 11 is 0. The van der Waals surface area contributed by atoms with E-state index in [0.29, 0.717) is 0 Å². The Kier molecular flexibility index (Phi) is 12.0. The van der Waals surface area contributed by atoms with Gasteiger partial charge < -0.3 is 4.48 Å². The van der Waals surface area contributed by atoms with Crippen molar-refractivity contribution in [2.75, 3.05) is 20.6 Å². The van der Waals surface area contributed by atoms with Crippen molar-refractivity contribution in [2.24, 2.45) is 0 Å². The minimum Gasteiger partial charge on any atom is -0.324 e. The maximum atomic E-state index is 2.43. The standard InChI is InChI=1S/C26H48N/c1-6-7-8-9-10-11-12-13-14-15-16-20-23-27(4,5)26(2,3)24-25-21-18-17-19-22-25/h17-19,21-22H,6-16,20,23-24H2,1-5H3/q+1. The molecule has 0 spiro atoms. The van der Waals surface area contributed by atoms with Crippen LogP contribution in [0.4, 0.5) is 0 Å². The molecule has 0 atom stereocenters. The van der Waals surface area contributed by atoms with E-state index in [9.17, 15) is 0 Å². The van der Waals surface area contributed by atoms with Gasteiger partial charge in [-0.1, -0.05) is 101 Å². The van der Waals surface area contributed by atoms with Gasteiger partial charge in [0.2, 0.25) is 0 Å². The van der Waals surface area contributed by atoms with Crippen molar-refractivity contribution in [1.82, 2.24) is 0 Å². The second-order valence-electron chi connectivity index (χ2n) is 9.77. The highest BCUT2D eigenvalue weighted by Gasteiger charge is 2.35. The molecule has 0 bridgehead atoms. The van der Waals surface area contributed by atoms with E-state index in [-0.39, 0.29) is 5.54 Å². The van der Waals surface area contributed by atoms with Gasteiger partial charge in [-0.2, -0.15) is 0 Å². The number of hydrogen-bond acceptors (Lipinski definition) is 0. The fourth-order valence-electron chi connectivity index (χ4n) is 3.96. The van der Waals surface area contributed by atoms with Gasteiger partial charge in [-0.15, -0.1) is 0 Å². The van der Waals surface area contributed by atoms with Gasteiger partial charge in [0.15, 0.2) is 0 Å². The zero-order valence-corrected chi connectivity index (χ0v) is 19.2. The van der Waals surface area contributed by atoms with Gasteiger partial charge in [0, 0.05) is 6.42 Å². The molecule has 0 saturated carbocycles. The van der Waals surface area contributed by atoms with E-state index < -0.39 is 0 Å². The molecule has 0 N–H and O–H groups in total. The molecule has 0 unspecified atom stereocenters. The number of unbranched alkanes of at least 4 members (excludes halogenated alkanes) is 11. The second-order valence-corrected chi connectivity index (χ2v) is 9.77. The molecule has 0 aromatic heterocycles. The first-order valence-corrected chi connectivity index (χ1v) is 11.8. The molecule has 0 heterocycles. The van der Waals surface area contributed by atoms with Gasteiger partial charge in [-0.05, 0) is 32.3 Å². The molecule has 0 aliphatic carbocycles. The second kappa shape index (κ2) is 13.4. The van der Waals surface area contributed by atoms with Crippen LogP contribution in [0.1, 0.15) is 103 Å². The summed E-state index contributed by atoms with van der Waals surface area (Å²) in [5.41, 5.74) is 1.74. The summed E-state index contributed by atoms with van der Waals surface area (Å²) in [4.78, 5) is 0. The third-order valence-corrected chi connectivity index (χ3v) is 6.69. The number of benzene rings is 1. The molecule has 0 saturated heterocycles. The van der Waals surface area contributed by atoms with E-state index in [1.54, 1.807) is 0 Å². The average molecular weight is 375 g/mol. The van der Waals surface area contributed by atoms with Crippen molar-refractivity contribution in [2.45, 2.75) is 110 Å². The topological polar surface area (TPSA) is 0 Å². The molecule has 0 aliphatic rings. The summed E-state index contributed by atoms with van der Waals surface area (Å²) in [6.45, 7) is 8.45. The van der Waals surface area contributed by atoms with Crippen LogP contribution in [0.2, 0.25) is 0 Å². The minimum absolute atomic E-state index is 0.277. The highest BCUT2D eigenvalue weighted by molar-refractivity contribution is 5.16. The average Bonchev–Trinajstić information content (AvgIpc) is 2.63. The molecule has 0 fully saturated rings. The van der Waals surface area contributed by atoms with Gasteiger partial charge in [0.05, 0.1) is 26.2 Å². The van der Waals surface area contributed by atoms with Crippen LogP contribution in [0.3, 0.4) is 0 Å². The SMILES string of the molecule is CCCCCCCCCCCCCC[N+](C)(C)C(C)(C)Cc1ccccc1. The fraction of sp³-hybridized carbons (Fsp3) is 0.769. The highest BCUT2D eigenvalue weighted by Crippen LogP contribution is 2.26. The van der Waals surface area contributed by atoms with Gasteiger partial charge >= 0.3 is 0 Å². The van der Waals surface area contributed by atoms with E-state index in [1.165, 1.54) is 89.2 Å². The summed E-state index contributed by atoms with van der Waals surface area (Å²) < 4.78 is 1.11. The van der Waals surface area contributed by atoms with E-state index >= 15 is 0 Å². The van der Waals surface area contributed by atoms with Gasteiger partial charge in [-0.3, -0.25) is 0 Å². The van der Waals surface area contributed by atoms with Crippen LogP contribution in [0, 0.1) is 0 Å². The van der Waals surface area contributed by atoms with Gasteiger partial charge in [0.1, 0.15) is 0 Å². The first-order valence-electron chi connectivity index (χ1n) is 11.8. The van der Waals surface area contributed by atoms with Gasteiger partial charge in [-0.25, -0.2) is 0 Å². The van der Waals surface area contributed by atoms with Crippen LogP contribution >= 0.6 is 0 Å². The zero-order chi connectivity index (χ0) is 20.0. The zero-order valence-electron chi connectivity index (χ0n) is 19.2. The normalized spacial score (nSPS) is 12.5. The molecule has 1 aromatic rings. The Morgan fingerprint density at radius 1 is 0.667 bits per heavy atom. The van der Waals surface area contributed by atoms with E-state index in [0.717, 1.165) is 10.9 Å². The molecule has 1 rings (SSSR count). The van der Waals surface area contributed by atoms with Crippen molar-refractivity contribution < 1.29 is 4.48 Å². The Morgan fingerprint density at radius 2 is 1.11 bits per heavy atom. The summed E-state index contributed by atoms with van der Waals surface area (Å²) in [5, 5.41) is 0. The number of likely N-dealkylation sites (N-methyl/N-ethyl adjacent to an activating group) is 1. The first kappa shape index (κ1) is 24.2. The quantitative estimate of drug-likeness (QED) is 0.205. The van der Waals surface area contributed by atoms with Crippen molar-refractivity contribution in [3.05, 3.63) is 35.9 Å². The lowest BCUT2D eigenvalue weighted by molar-refractivity contribution is -0.938. The molecular weight excluding hydrogens is 326 g/mol. The van der Waals surface area contributed by atoms with Crippen LogP contribution in [-0.2, 0) is 6.42 Å². The maximum Gasteiger partial charge on any atom is 0.0972 e. The predicted molar refractivity (Wildman–Crippen MR) is 122 cm³/mol. The summed E-state index contributed by atoms with van der Waals surface area (Å²) in [5.74, 6) is 0. The van der Waals surface area contributed by atoms with E-state index in [2.05, 4.69) is 65.2 Å². The van der Waals surface area contributed by atoms with Crippen LogP contribution in [0.15, 0.2) is 30.3 Å². The number of quaternary nitrogens is 1. The molecule has 0 aliphatic heterocycles. The molecule has 1 heteroatoms. The molecular formula is C26H48N+. The minimum atomic E-state index is 0.277. The van der Waals surface area contributed by atoms with E-state index in [1.807, 2.05) is 0 Å². The fourth-order valence-corrected chi connectivity index (χ4v) is 3.96. The van der Waals surface area contributed by atoms with Crippen molar-refractivity contribution >= 4 is 0 Å². The molecule has 27 heavy (non-hydrogen) atoms. The number of hydrogen-bond donors (Lipinski definition) is 0. The van der Waals surface area contributed by atoms with Crippen molar-refractivity contribution in [3.63, 3.8) is 0 Å². The third kappa shape index (κ3) is 10.3. The molecule has 156 valence electrons. The number of rotatable bonds is 16. The lowest BCUT2D eigenvalue weighted by Crippen LogP contribution is -2.57. The van der Waals surface area contributed by atoms with Crippen molar-refractivity contribution in [1.29, 1.82) is 0 Å². The summed E-state index contributed by atoms with van der Waals surface area (Å²) in [6, 6.07) is 11.0. The van der Waals surface area contributed by atoms with Gasteiger partial charge in [0.25, 0.3) is 0 Å². The van der Waals surface area contributed by atoms with Crippen LogP contribution in [0.25, 0.3) is 0 Å². The Labute approximate surface area is 171 Å². The van der Waals surface area contributed by atoms with Crippen LogP contribution < -0.4 is 0 Å². The van der Waals surface area contributed by atoms with Crippen molar-refractivity contribution in [3.8, 4) is 0 Å². The predicted octanol–water partition coefficient (Wildman–Crippen LogP) is 7.79. The smallest absolute Gasteiger partial charge is 0.0972 e. The lowest BCUT2D eigenvalue weighted by atomic mass is 9.91. The Balaban J connectivity index is 2.10. The Hall–Kier alpha value is -0.820. The summed E-state index contributed by atoms with van der Waals surface area (Å²) in [6.07, 6.45) is 18.3.